The van der Waals surface area contributed by atoms with Gasteiger partial charge in [-0.2, -0.15) is 0 Å². The summed E-state index contributed by atoms with van der Waals surface area (Å²) in [6, 6.07) is 4.41. The van der Waals surface area contributed by atoms with Gasteiger partial charge in [0.15, 0.2) is 6.04 Å². The molecular weight excluding hydrogens is 246 g/mol. The molecule has 2 atom stereocenters. The first-order valence-electron chi connectivity index (χ1n) is 6.12. The second kappa shape index (κ2) is 6.89. The zero-order chi connectivity index (χ0) is 14.4. The van der Waals surface area contributed by atoms with E-state index in [1.54, 1.807) is 19.1 Å². The predicted octanol–water partition coefficient (Wildman–Crippen LogP) is 1.01. The number of carbonyl (C=O) groups is 2. The molecule has 0 radical (unpaired) electrons. The van der Waals surface area contributed by atoms with Crippen molar-refractivity contribution in [1.82, 2.24) is 5.32 Å². The Bertz CT molecular complexity index is 439. The Morgan fingerprint density at radius 3 is 2.42 bits per heavy atom. The fourth-order valence-corrected chi connectivity index (χ4v) is 1.97. The van der Waals surface area contributed by atoms with Crippen LogP contribution in [0.5, 0.6) is 0 Å². The van der Waals surface area contributed by atoms with Gasteiger partial charge in [-0.3, -0.25) is 4.79 Å². The van der Waals surface area contributed by atoms with Crippen LogP contribution >= 0.6 is 0 Å². The number of hydrogen-bond acceptors (Lipinski definition) is 4. The van der Waals surface area contributed by atoms with Crippen LogP contribution in [0.15, 0.2) is 18.2 Å². The largest absolute Gasteiger partial charge is 0.464 e. The highest BCUT2D eigenvalue weighted by atomic mass is 16.5. The normalized spacial score (nSPS) is 13.5. The van der Waals surface area contributed by atoms with Crippen LogP contribution < -0.4 is 5.32 Å². The molecule has 0 fully saturated rings. The number of esters is 1. The van der Waals surface area contributed by atoms with Crippen molar-refractivity contribution in [2.24, 2.45) is 0 Å². The molecular formula is C14H19NO4. The lowest BCUT2D eigenvalue weighted by atomic mass is 9.98. The molecule has 0 bridgehead atoms. The number of aliphatic hydroxyl groups is 1. The van der Waals surface area contributed by atoms with Gasteiger partial charge in [-0.15, -0.1) is 0 Å². The van der Waals surface area contributed by atoms with Crippen molar-refractivity contribution in [1.29, 1.82) is 0 Å². The lowest BCUT2D eigenvalue weighted by Crippen LogP contribution is -2.42. The van der Waals surface area contributed by atoms with Gasteiger partial charge in [0.1, 0.15) is 6.10 Å². The molecule has 0 saturated heterocycles. The lowest BCUT2D eigenvalue weighted by molar-refractivity contribution is -0.149. The van der Waals surface area contributed by atoms with Crippen LogP contribution in [0.25, 0.3) is 0 Å². The Morgan fingerprint density at radius 1 is 1.37 bits per heavy atom. The van der Waals surface area contributed by atoms with Crippen molar-refractivity contribution in [2.45, 2.75) is 32.9 Å². The molecule has 104 valence electrons. The third kappa shape index (κ3) is 4.06. The van der Waals surface area contributed by atoms with Crippen molar-refractivity contribution in [3.63, 3.8) is 0 Å². The number of ether oxygens (including phenoxy) is 1. The summed E-state index contributed by atoms with van der Waals surface area (Å²) in [5.41, 5.74) is 2.52. The highest BCUT2D eigenvalue weighted by Gasteiger charge is 2.29. The van der Waals surface area contributed by atoms with E-state index in [-0.39, 0.29) is 6.61 Å². The first-order valence-corrected chi connectivity index (χ1v) is 6.12. The van der Waals surface area contributed by atoms with Crippen molar-refractivity contribution in [2.75, 3.05) is 6.61 Å². The summed E-state index contributed by atoms with van der Waals surface area (Å²) >= 11 is 0. The van der Waals surface area contributed by atoms with E-state index < -0.39 is 18.1 Å². The third-order valence-corrected chi connectivity index (χ3v) is 2.69. The number of rotatable bonds is 6. The molecule has 0 aliphatic heterocycles. The zero-order valence-corrected chi connectivity index (χ0v) is 11.3. The van der Waals surface area contributed by atoms with Gasteiger partial charge in [0.2, 0.25) is 6.41 Å². The molecule has 5 nitrogen and oxygen atoms in total. The maximum absolute atomic E-state index is 11.7. The van der Waals surface area contributed by atoms with E-state index in [0.717, 1.165) is 11.1 Å². The topological polar surface area (TPSA) is 75.6 Å². The molecule has 5 heteroatoms. The summed E-state index contributed by atoms with van der Waals surface area (Å²) in [5, 5.41) is 12.5. The predicted molar refractivity (Wildman–Crippen MR) is 70.5 cm³/mol. The Hall–Kier alpha value is -1.88. The van der Waals surface area contributed by atoms with Crippen LogP contribution in [-0.2, 0) is 14.3 Å². The van der Waals surface area contributed by atoms with Gasteiger partial charge in [-0.1, -0.05) is 29.3 Å². The Kier molecular flexibility index (Phi) is 5.51. The van der Waals surface area contributed by atoms with Gasteiger partial charge >= 0.3 is 5.97 Å². The Labute approximate surface area is 112 Å². The maximum atomic E-state index is 11.7. The quantitative estimate of drug-likeness (QED) is 0.594. The molecule has 1 amide bonds. The SMILES string of the molecule is CCOC(=O)C(NC=O)C(O)c1cc(C)cc(C)c1. The van der Waals surface area contributed by atoms with E-state index in [0.29, 0.717) is 12.0 Å². The van der Waals surface area contributed by atoms with Crippen molar-refractivity contribution in [3.05, 3.63) is 34.9 Å². The van der Waals surface area contributed by atoms with E-state index in [2.05, 4.69) is 5.32 Å². The highest BCUT2D eigenvalue weighted by Crippen LogP contribution is 2.20. The number of nitrogens with one attached hydrogen (secondary N) is 1. The number of amides is 1. The average molecular weight is 265 g/mol. The summed E-state index contributed by atoms with van der Waals surface area (Å²) in [6.45, 7) is 5.65. The molecule has 19 heavy (non-hydrogen) atoms. The minimum atomic E-state index is -1.14. The zero-order valence-electron chi connectivity index (χ0n) is 11.3. The molecule has 0 aromatic heterocycles. The molecule has 0 heterocycles. The molecule has 1 aromatic carbocycles. The smallest absolute Gasteiger partial charge is 0.331 e. The first kappa shape index (κ1) is 15.2. The van der Waals surface area contributed by atoms with Crippen molar-refractivity contribution < 1.29 is 19.4 Å². The van der Waals surface area contributed by atoms with Gasteiger partial charge in [-0.25, -0.2) is 4.79 Å². The third-order valence-electron chi connectivity index (χ3n) is 2.69. The second-order valence-corrected chi connectivity index (χ2v) is 4.38. The molecule has 1 aromatic rings. The van der Waals surface area contributed by atoms with Crippen LogP contribution in [0.4, 0.5) is 0 Å². The number of aryl methyl sites for hydroxylation is 2. The fourth-order valence-electron chi connectivity index (χ4n) is 1.97. The standard InChI is InChI=1S/C14H19NO4/c1-4-19-14(18)12(15-8-16)13(17)11-6-9(2)5-10(3)7-11/h5-8,12-13,17H,4H2,1-3H3,(H,15,16). The van der Waals surface area contributed by atoms with E-state index >= 15 is 0 Å². The Morgan fingerprint density at radius 2 is 1.95 bits per heavy atom. The van der Waals surface area contributed by atoms with Crippen LogP contribution in [0.1, 0.15) is 29.7 Å². The summed E-state index contributed by atoms with van der Waals surface area (Å²) in [7, 11) is 0. The first-order chi connectivity index (χ1) is 8.99. The monoisotopic (exact) mass is 265 g/mol. The minimum absolute atomic E-state index is 0.190. The Balaban J connectivity index is 3.00. The summed E-state index contributed by atoms with van der Waals surface area (Å²) in [5.74, 6) is -0.652. The van der Waals surface area contributed by atoms with Crippen LogP contribution in [-0.4, -0.2) is 30.1 Å². The van der Waals surface area contributed by atoms with E-state index in [4.69, 9.17) is 4.74 Å². The van der Waals surface area contributed by atoms with E-state index in [1.807, 2.05) is 19.9 Å². The second-order valence-electron chi connectivity index (χ2n) is 4.38. The van der Waals surface area contributed by atoms with Crippen molar-refractivity contribution >= 4 is 12.4 Å². The van der Waals surface area contributed by atoms with Crippen LogP contribution in [0, 0.1) is 13.8 Å². The number of benzene rings is 1. The molecule has 0 saturated carbocycles. The number of aliphatic hydroxyl groups excluding tert-OH is 1. The molecule has 2 unspecified atom stereocenters. The van der Waals surface area contributed by atoms with Crippen molar-refractivity contribution in [3.8, 4) is 0 Å². The molecule has 2 N–H and O–H groups in total. The number of carbonyl (C=O) groups excluding carboxylic acids is 2. The summed E-state index contributed by atoms with van der Waals surface area (Å²) in [4.78, 5) is 22.3. The van der Waals surface area contributed by atoms with Gasteiger partial charge in [0, 0.05) is 0 Å². The molecule has 0 aliphatic rings. The maximum Gasteiger partial charge on any atom is 0.331 e. The fraction of sp³-hybridized carbons (Fsp3) is 0.429. The van der Waals surface area contributed by atoms with Gasteiger partial charge in [0.25, 0.3) is 0 Å². The molecule has 1 rings (SSSR count). The summed E-state index contributed by atoms with van der Waals surface area (Å²) < 4.78 is 4.84. The van der Waals surface area contributed by atoms with Crippen LogP contribution in [0.2, 0.25) is 0 Å². The van der Waals surface area contributed by atoms with E-state index in [1.165, 1.54) is 0 Å². The average Bonchev–Trinajstić information content (AvgIpc) is 2.34. The van der Waals surface area contributed by atoms with Crippen LogP contribution in [0.3, 0.4) is 0 Å². The molecule has 0 aliphatic carbocycles. The van der Waals surface area contributed by atoms with E-state index in [9.17, 15) is 14.7 Å². The number of hydrogen-bond donors (Lipinski definition) is 2. The van der Waals surface area contributed by atoms with Gasteiger partial charge in [0.05, 0.1) is 6.61 Å². The van der Waals surface area contributed by atoms with Gasteiger partial charge in [-0.05, 0) is 26.3 Å². The lowest BCUT2D eigenvalue weighted by Gasteiger charge is -2.21. The summed E-state index contributed by atoms with van der Waals surface area (Å²) in [6.07, 6.45) is -0.754. The highest BCUT2D eigenvalue weighted by molar-refractivity contribution is 5.79. The minimum Gasteiger partial charge on any atom is -0.464 e. The van der Waals surface area contributed by atoms with Gasteiger partial charge < -0.3 is 15.2 Å². The molecule has 0 spiro atoms.